The van der Waals surface area contributed by atoms with E-state index >= 15 is 0 Å². The Balaban J connectivity index is 1.51. The molecule has 0 radical (unpaired) electrons. The van der Waals surface area contributed by atoms with Gasteiger partial charge in [0.15, 0.2) is 5.96 Å². The zero-order valence-corrected chi connectivity index (χ0v) is 13.7. The van der Waals surface area contributed by atoms with Gasteiger partial charge in [-0.2, -0.15) is 0 Å². The standard InChI is InChI=1S/C17H24N6/c1-18-17(20-12-16-19-9-11-22(16)2)21-14-8-10-23(13-14)15-6-4-3-5-7-15/h3-7,9,11,14H,8,10,12-13H2,1-2H3,(H2,18,20,21). The molecule has 0 bridgehead atoms. The van der Waals surface area contributed by atoms with Gasteiger partial charge in [-0.15, -0.1) is 0 Å². The minimum Gasteiger partial charge on any atom is -0.369 e. The van der Waals surface area contributed by atoms with Crippen molar-refractivity contribution in [2.75, 3.05) is 25.0 Å². The highest BCUT2D eigenvalue weighted by molar-refractivity contribution is 5.80. The van der Waals surface area contributed by atoms with Gasteiger partial charge in [-0.05, 0) is 18.6 Å². The summed E-state index contributed by atoms with van der Waals surface area (Å²) in [5.74, 6) is 1.82. The van der Waals surface area contributed by atoms with Crippen LogP contribution in [0.2, 0.25) is 0 Å². The summed E-state index contributed by atoms with van der Waals surface area (Å²) in [6.45, 7) is 2.73. The molecule has 0 spiro atoms. The topological polar surface area (TPSA) is 57.5 Å². The molecule has 2 N–H and O–H groups in total. The number of hydrogen-bond acceptors (Lipinski definition) is 3. The maximum absolute atomic E-state index is 4.32. The summed E-state index contributed by atoms with van der Waals surface area (Å²) in [7, 11) is 3.80. The molecule has 2 aromatic rings. The van der Waals surface area contributed by atoms with E-state index in [1.807, 2.05) is 24.0 Å². The average Bonchev–Trinajstić information content (AvgIpc) is 3.21. The number of anilines is 1. The largest absolute Gasteiger partial charge is 0.369 e. The van der Waals surface area contributed by atoms with Crippen LogP contribution in [-0.2, 0) is 13.6 Å². The number of nitrogens with zero attached hydrogens (tertiary/aromatic N) is 4. The highest BCUT2D eigenvalue weighted by Crippen LogP contribution is 2.19. The summed E-state index contributed by atoms with van der Waals surface area (Å²) in [6, 6.07) is 11.0. The first-order valence-electron chi connectivity index (χ1n) is 7.99. The number of hydrogen-bond donors (Lipinski definition) is 2. The Morgan fingerprint density at radius 1 is 1.35 bits per heavy atom. The van der Waals surface area contributed by atoms with E-state index in [0.717, 1.165) is 31.3 Å². The maximum Gasteiger partial charge on any atom is 0.191 e. The number of imidazole rings is 1. The monoisotopic (exact) mass is 312 g/mol. The zero-order chi connectivity index (χ0) is 16.1. The third-order valence-electron chi connectivity index (χ3n) is 4.21. The van der Waals surface area contributed by atoms with E-state index in [0.29, 0.717) is 12.6 Å². The van der Waals surface area contributed by atoms with Crippen LogP contribution in [0.1, 0.15) is 12.2 Å². The summed E-state index contributed by atoms with van der Waals surface area (Å²) >= 11 is 0. The summed E-state index contributed by atoms with van der Waals surface area (Å²) in [4.78, 5) is 11.0. The van der Waals surface area contributed by atoms with Crippen LogP contribution in [-0.4, -0.2) is 41.7 Å². The number of rotatable bonds is 4. The first-order chi connectivity index (χ1) is 11.3. The van der Waals surface area contributed by atoms with Gasteiger partial charge in [0, 0.05) is 51.3 Å². The van der Waals surface area contributed by atoms with Crippen molar-refractivity contribution in [2.45, 2.75) is 19.0 Å². The third-order valence-corrected chi connectivity index (χ3v) is 4.21. The van der Waals surface area contributed by atoms with Crippen LogP contribution in [0.5, 0.6) is 0 Å². The minimum absolute atomic E-state index is 0.405. The van der Waals surface area contributed by atoms with Crippen molar-refractivity contribution in [2.24, 2.45) is 12.0 Å². The van der Waals surface area contributed by atoms with Crippen molar-refractivity contribution in [3.8, 4) is 0 Å². The molecule has 1 atom stereocenters. The van der Waals surface area contributed by atoms with Gasteiger partial charge in [-0.25, -0.2) is 4.98 Å². The Morgan fingerprint density at radius 3 is 2.87 bits per heavy atom. The van der Waals surface area contributed by atoms with E-state index in [9.17, 15) is 0 Å². The predicted octanol–water partition coefficient (Wildman–Crippen LogP) is 1.36. The lowest BCUT2D eigenvalue weighted by atomic mass is 10.3. The Morgan fingerprint density at radius 2 is 2.17 bits per heavy atom. The summed E-state index contributed by atoms with van der Waals surface area (Å²) in [6.07, 6.45) is 4.86. The van der Waals surface area contributed by atoms with Gasteiger partial charge in [0.25, 0.3) is 0 Å². The molecule has 1 aliphatic heterocycles. The van der Waals surface area contributed by atoms with Crippen molar-refractivity contribution in [3.63, 3.8) is 0 Å². The number of benzene rings is 1. The molecular formula is C17H24N6. The molecule has 1 saturated heterocycles. The van der Waals surface area contributed by atoms with Crippen molar-refractivity contribution in [1.29, 1.82) is 0 Å². The number of aromatic nitrogens is 2. The van der Waals surface area contributed by atoms with Crippen LogP contribution in [0, 0.1) is 0 Å². The highest BCUT2D eigenvalue weighted by Gasteiger charge is 2.23. The zero-order valence-electron chi connectivity index (χ0n) is 13.7. The van der Waals surface area contributed by atoms with Crippen LogP contribution < -0.4 is 15.5 Å². The second kappa shape index (κ2) is 7.17. The number of guanidine groups is 1. The Bertz CT molecular complexity index is 648. The molecule has 6 heteroatoms. The third kappa shape index (κ3) is 3.83. The molecule has 0 saturated carbocycles. The van der Waals surface area contributed by atoms with Gasteiger partial charge in [-0.1, -0.05) is 18.2 Å². The minimum atomic E-state index is 0.405. The first kappa shape index (κ1) is 15.4. The van der Waals surface area contributed by atoms with E-state index in [2.05, 4.69) is 55.8 Å². The fourth-order valence-electron chi connectivity index (χ4n) is 2.87. The lowest BCUT2D eigenvalue weighted by molar-refractivity contribution is 0.641. The second-order valence-electron chi connectivity index (χ2n) is 5.79. The van der Waals surface area contributed by atoms with E-state index in [1.165, 1.54) is 5.69 Å². The lowest BCUT2D eigenvalue weighted by Gasteiger charge is -2.20. The molecule has 122 valence electrons. The summed E-state index contributed by atoms with van der Waals surface area (Å²) in [5.41, 5.74) is 1.28. The second-order valence-corrected chi connectivity index (χ2v) is 5.79. The quantitative estimate of drug-likeness (QED) is 0.661. The van der Waals surface area contributed by atoms with Crippen molar-refractivity contribution in [3.05, 3.63) is 48.5 Å². The molecule has 6 nitrogen and oxygen atoms in total. The normalized spacial score (nSPS) is 18.3. The van der Waals surface area contributed by atoms with E-state index in [4.69, 9.17) is 0 Å². The molecule has 1 unspecified atom stereocenters. The van der Waals surface area contributed by atoms with Gasteiger partial charge in [0.05, 0.1) is 6.54 Å². The van der Waals surface area contributed by atoms with Gasteiger partial charge < -0.3 is 20.1 Å². The van der Waals surface area contributed by atoms with Gasteiger partial charge in [-0.3, -0.25) is 4.99 Å². The molecule has 3 rings (SSSR count). The van der Waals surface area contributed by atoms with E-state index in [1.54, 1.807) is 7.05 Å². The van der Waals surface area contributed by atoms with Gasteiger partial charge >= 0.3 is 0 Å². The maximum atomic E-state index is 4.32. The molecule has 1 aliphatic rings. The van der Waals surface area contributed by atoms with Crippen molar-refractivity contribution >= 4 is 11.6 Å². The fourth-order valence-corrected chi connectivity index (χ4v) is 2.87. The van der Waals surface area contributed by atoms with Gasteiger partial charge in [0.1, 0.15) is 5.82 Å². The molecule has 0 amide bonds. The van der Waals surface area contributed by atoms with Crippen molar-refractivity contribution < 1.29 is 0 Å². The summed E-state index contributed by atoms with van der Waals surface area (Å²) in [5, 5.41) is 6.84. The van der Waals surface area contributed by atoms with Crippen LogP contribution >= 0.6 is 0 Å². The van der Waals surface area contributed by atoms with Gasteiger partial charge in [0.2, 0.25) is 0 Å². The molecule has 1 aromatic heterocycles. The predicted molar refractivity (Wildman–Crippen MR) is 93.6 cm³/mol. The number of aliphatic imine (C=N–C) groups is 1. The number of para-hydroxylation sites is 1. The smallest absolute Gasteiger partial charge is 0.191 e. The molecular weight excluding hydrogens is 288 g/mol. The lowest BCUT2D eigenvalue weighted by Crippen LogP contribution is -2.44. The average molecular weight is 312 g/mol. The van der Waals surface area contributed by atoms with E-state index < -0.39 is 0 Å². The number of nitrogens with one attached hydrogen (secondary N) is 2. The first-order valence-corrected chi connectivity index (χ1v) is 7.99. The Hall–Kier alpha value is -2.50. The van der Waals surface area contributed by atoms with Crippen LogP contribution in [0.4, 0.5) is 5.69 Å². The van der Waals surface area contributed by atoms with Crippen LogP contribution in [0.25, 0.3) is 0 Å². The molecule has 2 heterocycles. The van der Waals surface area contributed by atoms with Crippen LogP contribution in [0.3, 0.4) is 0 Å². The molecule has 23 heavy (non-hydrogen) atoms. The highest BCUT2D eigenvalue weighted by atomic mass is 15.2. The molecule has 1 aromatic carbocycles. The Kier molecular flexibility index (Phi) is 4.80. The van der Waals surface area contributed by atoms with Crippen molar-refractivity contribution in [1.82, 2.24) is 20.2 Å². The van der Waals surface area contributed by atoms with Crippen LogP contribution in [0.15, 0.2) is 47.7 Å². The molecule has 1 fully saturated rings. The SMILES string of the molecule is CN=C(NCc1nccn1C)NC1CCN(c2ccccc2)C1. The number of aryl methyl sites for hydroxylation is 1. The summed E-state index contributed by atoms with van der Waals surface area (Å²) < 4.78 is 2.01. The molecule has 0 aliphatic carbocycles. The van der Waals surface area contributed by atoms with E-state index in [-0.39, 0.29) is 0 Å². The Labute approximate surface area is 137 Å². The fraction of sp³-hybridized carbons (Fsp3) is 0.412.